The highest BCUT2D eigenvalue weighted by atomic mass is 32.2. The van der Waals surface area contributed by atoms with Gasteiger partial charge < -0.3 is 0 Å². The lowest BCUT2D eigenvalue weighted by molar-refractivity contribution is -0.750. The summed E-state index contributed by atoms with van der Waals surface area (Å²) < 4.78 is 68.2. The number of aryl methyl sites for hydroxylation is 1. The van der Waals surface area contributed by atoms with Crippen LogP contribution in [0.25, 0.3) is 11.3 Å². The zero-order valence-corrected chi connectivity index (χ0v) is 11.7. The lowest BCUT2D eigenvalue weighted by atomic mass is 10.2. The molecule has 7 nitrogen and oxygen atoms in total. The van der Waals surface area contributed by atoms with Gasteiger partial charge in [0.25, 0.3) is 10.1 Å². The lowest BCUT2D eigenvalue weighted by Gasteiger charge is -2.04. The van der Waals surface area contributed by atoms with Crippen molar-refractivity contribution in [1.29, 1.82) is 0 Å². The average molecular weight is 335 g/mol. The third-order valence-corrected chi connectivity index (χ3v) is 3.30. The summed E-state index contributed by atoms with van der Waals surface area (Å²) in [5, 5.41) is 10.5. The molecule has 22 heavy (non-hydrogen) atoms. The minimum absolute atomic E-state index is 0.0577. The molecule has 118 valence electrons. The van der Waals surface area contributed by atoms with E-state index >= 15 is 0 Å². The van der Waals surface area contributed by atoms with Crippen molar-refractivity contribution in [2.75, 3.05) is 5.75 Å². The van der Waals surface area contributed by atoms with E-state index in [4.69, 9.17) is 4.55 Å². The summed E-state index contributed by atoms with van der Waals surface area (Å²) in [5.41, 5.74) is -0.477. The number of alkyl halides is 3. The Bertz CT molecular complexity index is 746. The van der Waals surface area contributed by atoms with E-state index in [9.17, 15) is 21.6 Å². The molecule has 2 rings (SSSR count). The van der Waals surface area contributed by atoms with Crippen molar-refractivity contribution in [1.82, 2.24) is 15.3 Å². The van der Waals surface area contributed by atoms with E-state index in [0.717, 1.165) is 12.1 Å². The quantitative estimate of drug-likeness (QED) is 0.654. The predicted molar refractivity (Wildman–Crippen MR) is 66.9 cm³/mol. The lowest BCUT2D eigenvalue weighted by Crippen LogP contribution is -2.40. The Kier molecular flexibility index (Phi) is 4.37. The molecular weight excluding hydrogens is 325 g/mol. The second-order valence-corrected chi connectivity index (χ2v) is 5.84. The van der Waals surface area contributed by atoms with E-state index in [1.165, 1.54) is 23.1 Å². The molecule has 0 aliphatic carbocycles. The first-order chi connectivity index (χ1) is 10.1. The molecule has 0 aliphatic rings. The van der Waals surface area contributed by atoms with Gasteiger partial charge in [-0.05, 0) is 17.2 Å². The van der Waals surface area contributed by atoms with Crippen LogP contribution in [0.1, 0.15) is 5.69 Å². The number of rotatable bonds is 4. The molecule has 0 unspecified atom stereocenters. The fraction of sp³-hybridized carbons (Fsp3) is 0.273. The van der Waals surface area contributed by atoms with Crippen LogP contribution >= 0.6 is 0 Å². The van der Waals surface area contributed by atoms with Crippen LogP contribution in [0, 0.1) is 0 Å². The van der Waals surface area contributed by atoms with Crippen LogP contribution in [0.15, 0.2) is 30.6 Å². The number of hydrogen-bond donors (Lipinski definition) is 1. The first-order valence-corrected chi connectivity index (χ1v) is 7.48. The zero-order chi connectivity index (χ0) is 16.4. The monoisotopic (exact) mass is 335 g/mol. The topological polar surface area (TPSA) is 96.9 Å². The Balaban J connectivity index is 2.13. The molecule has 0 aliphatic heterocycles. The van der Waals surface area contributed by atoms with Crippen molar-refractivity contribution < 1.29 is 30.8 Å². The summed E-state index contributed by atoms with van der Waals surface area (Å²) in [6.45, 7) is -0.0577. The van der Waals surface area contributed by atoms with Gasteiger partial charge in [-0.3, -0.25) is 4.55 Å². The van der Waals surface area contributed by atoms with Gasteiger partial charge in [-0.25, -0.2) is 0 Å². The Labute approximate surface area is 123 Å². The third kappa shape index (κ3) is 4.43. The molecule has 0 amide bonds. The highest BCUT2D eigenvalue weighted by molar-refractivity contribution is 7.85. The van der Waals surface area contributed by atoms with Gasteiger partial charge in [-0.1, -0.05) is 4.68 Å². The SMILES string of the molecule is O=S(=O)(O)CC[n+]1ccc(-c2ccc(C(F)(F)F)nn2)cn1. The summed E-state index contributed by atoms with van der Waals surface area (Å²) >= 11 is 0. The Morgan fingerprint density at radius 1 is 1.18 bits per heavy atom. The van der Waals surface area contributed by atoms with Crippen LogP contribution in [-0.4, -0.2) is 34.0 Å². The molecule has 2 aromatic rings. The maximum absolute atomic E-state index is 12.4. The second-order valence-electron chi connectivity index (χ2n) is 4.27. The minimum atomic E-state index is -4.56. The smallest absolute Gasteiger partial charge is 0.285 e. The van der Waals surface area contributed by atoms with E-state index < -0.39 is 27.7 Å². The minimum Gasteiger partial charge on any atom is -0.285 e. The highest BCUT2D eigenvalue weighted by Gasteiger charge is 2.32. The van der Waals surface area contributed by atoms with Crippen molar-refractivity contribution in [3.05, 3.63) is 36.3 Å². The molecular formula is C11H10F3N4O3S+. The van der Waals surface area contributed by atoms with Gasteiger partial charge in [-0.2, -0.15) is 21.6 Å². The fourth-order valence-corrected chi connectivity index (χ4v) is 1.93. The molecule has 0 atom stereocenters. The fourth-order valence-electron chi connectivity index (χ4n) is 1.51. The Hall–Kier alpha value is -2.14. The highest BCUT2D eigenvalue weighted by Crippen LogP contribution is 2.27. The van der Waals surface area contributed by atoms with Gasteiger partial charge >= 0.3 is 6.18 Å². The molecule has 2 heterocycles. The van der Waals surface area contributed by atoms with Gasteiger partial charge in [0.1, 0.15) is 11.9 Å². The van der Waals surface area contributed by atoms with E-state index in [0.29, 0.717) is 5.56 Å². The first-order valence-electron chi connectivity index (χ1n) is 5.87. The summed E-state index contributed by atoms with van der Waals surface area (Å²) in [4.78, 5) is 0. The molecule has 0 saturated heterocycles. The molecule has 0 bridgehead atoms. The van der Waals surface area contributed by atoms with E-state index in [1.54, 1.807) is 0 Å². The number of nitrogens with zero attached hydrogens (tertiary/aromatic N) is 4. The van der Waals surface area contributed by atoms with Crippen LogP contribution in [-0.2, 0) is 22.8 Å². The number of aromatic nitrogens is 4. The van der Waals surface area contributed by atoms with Crippen molar-refractivity contribution in [3.63, 3.8) is 0 Å². The Morgan fingerprint density at radius 2 is 1.91 bits per heavy atom. The van der Waals surface area contributed by atoms with Crippen molar-refractivity contribution in [2.24, 2.45) is 0 Å². The normalized spacial score (nSPS) is 12.4. The summed E-state index contributed by atoms with van der Waals surface area (Å²) in [6.07, 6.45) is -1.83. The van der Waals surface area contributed by atoms with Crippen LogP contribution in [0.2, 0.25) is 0 Å². The summed E-state index contributed by atoms with van der Waals surface area (Å²) in [7, 11) is -4.09. The largest absolute Gasteiger partial charge is 0.435 e. The van der Waals surface area contributed by atoms with Gasteiger partial charge in [0.05, 0.1) is 5.69 Å². The molecule has 0 fully saturated rings. The molecule has 0 spiro atoms. The number of hydrogen-bond acceptors (Lipinski definition) is 5. The maximum atomic E-state index is 12.4. The molecule has 0 aromatic carbocycles. The van der Waals surface area contributed by atoms with Gasteiger partial charge in [0.15, 0.2) is 18.4 Å². The van der Waals surface area contributed by atoms with Gasteiger partial charge in [-0.15, -0.1) is 10.2 Å². The van der Waals surface area contributed by atoms with E-state index in [-0.39, 0.29) is 12.2 Å². The standard InChI is InChI=1S/C11H9F3N4O3S/c12-11(13,14)10-2-1-9(16-17-10)8-3-4-18(15-7-8)5-6-22(19,20)21/h1-4,7H,5-6H2/p+1. The van der Waals surface area contributed by atoms with Crippen molar-refractivity contribution in [2.45, 2.75) is 12.7 Å². The second kappa shape index (κ2) is 5.93. The molecule has 0 radical (unpaired) electrons. The first kappa shape index (κ1) is 16.2. The molecule has 2 aromatic heterocycles. The maximum Gasteiger partial charge on any atom is 0.435 e. The summed E-state index contributed by atoms with van der Waals surface area (Å²) in [6, 6.07) is 3.46. The Morgan fingerprint density at radius 3 is 2.36 bits per heavy atom. The van der Waals surface area contributed by atoms with Crippen LogP contribution < -0.4 is 4.68 Å². The molecule has 11 heteroatoms. The third-order valence-electron chi connectivity index (χ3n) is 2.60. The predicted octanol–water partition coefficient (Wildman–Crippen LogP) is 0.733. The average Bonchev–Trinajstić information content (AvgIpc) is 2.44. The van der Waals surface area contributed by atoms with E-state index in [1.807, 2.05) is 0 Å². The molecule has 0 saturated carbocycles. The van der Waals surface area contributed by atoms with Gasteiger partial charge in [0.2, 0.25) is 0 Å². The van der Waals surface area contributed by atoms with Crippen molar-refractivity contribution in [3.8, 4) is 11.3 Å². The van der Waals surface area contributed by atoms with Gasteiger partial charge in [0, 0.05) is 11.6 Å². The number of halogens is 3. The van der Waals surface area contributed by atoms with E-state index in [2.05, 4.69) is 15.3 Å². The van der Waals surface area contributed by atoms with Crippen molar-refractivity contribution >= 4 is 10.1 Å². The summed E-state index contributed by atoms with van der Waals surface area (Å²) in [5.74, 6) is -0.496. The zero-order valence-electron chi connectivity index (χ0n) is 10.9. The molecule has 1 N–H and O–H groups in total. The van der Waals surface area contributed by atoms with Crippen LogP contribution in [0.3, 0.4) is 0 Å². The van der Waals surface area contributed by atoms with Crippen LogP contribution in [0.4, 0.5) is 13.2 Å². The van der Waals surface area contributed by atoms with Crippen LogP contribution in [0.5, 0.6) is 0 Å².